The Bertz CT molecular complexity index is 1400. The molecular formula is C29H34O12. The lowest BCUT2D eigenvalue weighted by molar-refractivity contribution is -0.276. The fraction of sp³-hybridized carbons (Fsp3) is 0.690. The molecule has 4 aliphatic heterocycles. The van der Waals surface area contributed by atoms with Gasteiger partial charge in [-0.15, -0.1) is 0 Å². The van der Waals surface area contributed by atoms with Crippen molar-refractivity contribution < 1.29 is 57.5 Å². The van der Waals surface area contributed by atoms with Gasteiger partial charge in [0.05, 0.1) is 5.41 Å². The number of rotatable bonds is 2. The lowest BCUT2D eigenvalue weighted by Gasteiger charge is -2.70. The number of carbonyl (C=O) groups is 5. The number of aliphatic hydroxyl groups is 1. The number of hydrogen-bond acceptors (Lipinski definition) is 12. The second kappa shape index (κ2) is 7.38. The molecule has 6 fully saturated rings. The third-order valence-corrected chi connectivity index (χ3v) is 11.2. The van der Waals surface area contributed by atoms with Crippen molar-refractivity contribution in [3.8, 4) is 0 Å². The fourth-order valence-corrected chi connectivity index (χ4v) is 9.46. The van der Waals surface area contributed by atoms with Gasteiger partial charge in [0.2, 0.25) is 5.60 Å². The Labute approximate surface area is 236 Å². The summed E-state index contributed by atoms with van der Waals surface area (Å²) in [6.07, 6.45) is -5.78. The first-order valence-corrected chi connectivity index (χ1v) is 13.6. The second-order valence-electron chi connectivity index (χ2n) is 13.1. The summed E-state index contributed by atoms with van der Waals surface area (Å²) in [4.78, 5) is 66.4. The van der Waals surface area contributed by atoms with Crippen molar-refractivity contribution in [1.29, 1.82) is 0 Å². The Kier molecular flexibility index (Phi) is 5.02. The van der Waals surface area contributed by atoms with Crippen LogP contribution in [0, 0.1) is 16.2 Å². The summed E-state index contributed by atoms with van der Waals surface area (Å²) in [6, 6.07) is 0. The van der Waals surface area contributed by atoms with E-state index in [1.807, 2.05) is 0 Å². The quantitative estimate of drug-likeness (QED) is 0.286. The van der Waals surface area contributed by atoms with Gasteiger partial charge in [0.1, 0.15) is 28.8 Å². The van der Waals surface area contributed by atoms with E-state index in [4.69, 9.17) is 28.4 Å². The van der Waals surface area contributed by atoms with Gasteiger partial charge in [-0.1, -0.05) is 20.1 Å². The molecule has 0 radical (unpaired) electrons. The Hall–Kier alpha value is -3.25. The van der Waals surface area contributed by atoms with Gasteiger partial charge in [-0.2, -0.15) is 0 Å². The van der Waals surface area contributed by atoms with E-state index >= 15 is 0 Å². The van der Waals surface area contributed by atoms with E-state index in [0.29, 0.717) is 0 Å². The van der Waals surface area contributed by atoms with Crippen molar-refractivity contribution >= 4 is 29.8 Å². The Morgan fingerprint density at radius 1 is 0.902 bits per heavy atom. The zero-order valence-electron chi connectivity index (χ0n) is 24.1. The van der Waals surface area contributed by atoms with Crippen molar-refractivity contribution in [3.63, 3.8) is 0 Å². The maximum atomic E-state index is 14.2. The van der Waals surface area contributed by atoms with Crippen molar-refractivity contribution in [2.45, 2.75) is 108 Å². The molecule has 12 heteroatoms. The van der Waals surface area contributed by atoms with Crippen LogP contribution in [0.15, 0.2) is 24.3 Å². The molecule has 4 saturated heterocycles. The number of hydrogen-bond donors (Lipinski definition) is 1. The zero-order valence-corrected chi connectivity index (χ0v) is 24.1. The molecular weight excluding hydrogens is 540 g/mol. The molecule has 2 saturated carbocycles. The van der Waals surface area contributed by atoms with Gasteiger partial charge >= 0.3 is 29.8 Å². The molecule has 4 heterocycles. The van der Waals surface area contributed by atoms with Crippen LogP contribution in [-0.4, -0.2) is 81.8 Å². The van der Waals surface area contributed by atoms with E-state index in [-0.39, 0.29) is 24.0 Å². The molecule has 3 bridgehead atoms. The van der Waals surface area contributed by atoms with Crippen LogP contribution in [0.5, 0.6) is 0 Å². The number of cyclic esters (lactones) is 2. The first kappa shape index (κ1) is 27.9. The predicted octanol–water partition coefficient (Wildman–Crippen LogP) is 1.21. The molecule has 0 aromatic rings. The number of carbonyl (C=O) groups excluding carboxylic acids is 5. The van der Waals surface area contributed by atoms with Gasteiger partial charge in [0.15, 0.2) is 17.8 Å². The highest BCUT2D eigenvalue weighted by atomic mass is 16.7. The van der Waals surface area contributed by atoms with Gasteiger partial charge < -0.3 is 33.5 Å². The first-order chi connectivity index (χ1) is 18.8. The van der Waals surface area contributed by atoms with Crippen LogP contribution in [0.2, 0.25) is 0 Å². The van der Waals surface area contributed by atoms with Crippen LogP contribution in [-0.2, 0) is 52.4 Å². The molecule has 6 rings (SSSR count). The number of fused-ring (bicyclic) bond motifs is 1. The summed E-state index contributed by atoms with van der Waals surface area (Å²) in [5.41, 5.74) is -12.0. The van der Waals surface area contributed by atoms with Gasteiger partial charge in [-0.25, -0.2) is 9.59 Å². The highest BCUT2D eigenvalue weighted by molar-refractivity contribution is 6.03. The average molecular weight is 575 g/mol. The number of ether oxygens (including phenoxy) is 6. The van der Waals surface area contributed by atoms with Gasteiger partial charge in [-0.3, -0.25) is 14.4 Å². The number of esters is 5. The first-order valence-electron chi connectivity index (χ1n) is 13.6. The van der Waals surface area contributed by atoms with Crippen molar-refractivity contribution in [2.24, 2.45) is 16.2 Å². The van der Waals surface area contributed by atoms with Gasteiger partial charge in [-0.05, 0) is 51.7 Å². The number of aliphatic hydroxyl groups excluding tert-OH is 1. The molecule has 0 aromatic heterocycles. The van der Waals surface area contributed by atoms with E-state index < -0.39 is 92.9 Å². The lowest BCUT2D eigenvalue weighted by atomic mass is 9.34. The lowest BCUT2D eigenvalue weighted by Crippen LogP contribution is -2.83. The van der Waals surface area contributed by atoms with Crippen LogP contribution in [0.25, 0.3) is 0 Å². The van der Waals surface area contributed by atoms with Gasteiger partial charge in [0.25, 0.3) is 0 Å². The normalized spacial score (nSPS) is 50.5. The summed E-state index contributed by atoms with van der Waals surface area (Å²) in [5.74, 6) is -4.05. The minimum atomic E-state index is -2.12. The Morgan fingerprint density at radius 2 is 1.51 bits per heavy atom. The van der Waals surface area contributed by atoms with E-state index in [2.05, 4.69) is 13.2 Å². The highest BCUT2D eigenvalue weighted by Crippen LogP contribution is 2.85. The fourth-order valence-electron chi connectivity index (χ4n) is 9.46. The molecule has 10 atom stereocenters. The summed E-state index contributed by atoms with van der Waals surface area (Å²) in [5, 5.41) is 10.8. The molecule has 10 unspecified atom stereocenters. The maximum Gasteiger partial charge on any atom is 0.345 e. The molecule has 1 N–H and O–H groups in total. The van der Waals surface area contributed by atoms with Crippen LogP contribution < -0.4 is 0 Å². The molecule has 222 valence electrons. The van der Waals surface area contributed by atoms with Crippen LogP contribution in [0.4, 0.5) is 0 Å². The third kappa shape index (κ3) is 2.44. The largest absolute Gasteiger partial charge is 0.462 e. The molecule has 0 aromatic carbocycles. The summed E-state index contributed by atoms with van der Waals surface area (Å²) in [6.45, 7) is 18.9. The van der Waals surface area contributed by atoms with Crippen LogP contribution in [0.1, 0.15) is 61.3 Å². The van der Waals surface area contributed by atoms with Crippen LogP contribution >= 0.6 is 0 Å². The van der Waals surface area contributed by atoms with E-state index in [9.17, 15) is 29.1 Å². The van der Waals surface area contributed by atoms with Crippen LogP contribution in [0.3, 0.4) is 0 Å². The highest BCUT2D eigenvalue weighted by Gasteiger charge is 3.01. The standard InChI is InChI=1S/C29H34O12/c1-12-24(8)20(38-16(5)31)28-13(2)26(10-17(32)19(33)39-23(26,6)7)11-18(37-15(4)30)25(28,9)27(12)21(34)36-14(3)29(27,41-28)22(35)40-24/h14,17-18,20,32H,1-2,10-11H2,3-9H3. The third-order valence-electron chi connectivity index (χ3n) is 11.2. The minimum absolute atomic E-state index is 0.0797. The SMILES string of the molecule is C=C1C2(CC(O)C(=O)OC2(C)C)CC(OC(C)=O)C2(C)C13OC14C(=O)OC(C)(C(=C)C12C(=O)OC4C)C3OC(C)=O. The van der Waals surface area contributed by atoms with E-state index in [0.717, 1.165) is 0 Å². The Morgan fingerprint density at radius 3 is 2.10 bits per heavy atom. The van der Waals surface area contributed by atoms with E-state index in [1.165, 1.54) is 27.7 Å². The van der Waals surface area contributed by atoms with E-state index in [1.54, 1.807) is 20.8 Å². The molecule has 2 aliphatic carbocycles. The smallest absolute Gasteiger partial charge is 0.345 e. The average Bonchev–Trinajstić information content (AvgIpc) is 3.16. The summed E-state index contributed by atoms with van der Waals surface area (Å²) < 4.78 is 36.4. The molecule has 41 heavy (non-hydrogen) atoms. The molecule has 12 nitrogen and oxygen atoms in total. The van der Waals surface area contributed by atoms with Crippen molar-refractivity contribution in [1.82, 2.24) is 0 Å². The molecule has 0 amide bonds. The maximum absolute atomic E-state index is 14.2. The topological polar surface area (TPSA) is 161 Å². The monoisotopic (exact) mass is 574 g/mol. The zero-order chi connectivity index (χ0) is 30.5. The van der Waals surface area contributed by atoms with Gasteiger partial charge in [0, 0.05) is 19.3 Å². The van der Waals surface area contributed by atoms with Crippen molar-refractivity contribution in [3.05, 3.63) is 24.3 Å². The summed E-state index contributed by atoms with van der Waals surface area (Å²) >= 11 is 0. The Balaban J connectivity index is 1.78. The minimum Gasteiger partial charge on any atom is -0.462 e. The second-order valence-corrected chi connectivity index (χ2v) is 13.1. The predicted molar refractivity (Wildman–Crippen MR) is 134 cm³/mol. The molecule has 6 aliphatic rings. The van der Waals surface area contributed by atoms with Crippen molar-refractivity contribution in [2.75, 3.05) is 0 Å². The summed E-state index contributed by atoms with van der Waals surface area (Å²) in [7, 11) is 0. The molecule has 2 spiro atoms.